The van der Waals surface area contributed by atoms with E-state index in [-0.39, 0.29) is 36.6 Å². The highest BCUT2D eigenvalue weighted by atomic mass is 32.1. The summed E-state index contributed by atoms with van der Waals surface area (Å²) in [5.41, 5.74) is 2.10. The van der Waals surface area contributed by atoms with Gasteiger partial charge in [0.25, 0.3) is 5.91 Å². The molecule has 0 radical (unpaired) electrons. The summed E-state index contributed by atoms with van der Waals surface area (Å²) in [5, 5.41) is 7.88. The molecule has 2 aromatic rings. The molecule has 3 amide bonds. The molecule has 0 bridgehead atoms. The third kappa shape index (κ3) is 9.34. The van der Waals surface area contributed by atoms with Gasteiger partial charge in [-0.25, -0.2) is 4.98 Å². The van der Waals surface area contributed by atoms with Gasteiger partial charge in [-0.2, -0.15) is 0 Å². The standard InChI is InChI=1S/C25H36N4O3S/c1-5-6-7-10-13-26-22(30)14-20-17-33-25(27-20)28-23(31)16-29(15-18(2)3)24(32)21-12-9-8-11-19(21)4/h8-9,11-12,17-18H,5-7,10,13-16H2,1-4H3,(H,26,30)(H,27,28,31). The zero-order valence-electron chi connectivity index (χ0n) is 20.1. The van der Waals surface area contributed by atoms with Crippen LogP contribution in [-0.2, 0) is 16.0 Å². The first-order chi connectivity index (χ1) is 15.8. The molecule has 0 saturated carbocycles. The van der Waals surface area contributed by atoms with Crippen LogP contribution in [0.15, 0.2) is 29.6 Å². The zero-order chi connectivity index (χ0) is 24.2. The molecule has 2 rings (SSSR count). The average Bonchev–Trinajstić information content (AvgIpc) is 3.19. The molecular formula is C25H36N4O3S. The van der Waals surface area contributed by atoms with Crippen LogP contribution >= 0.6 is 11.3 Å². The smallest absolute Gasteiger partial charge is 0.254 e. The van der Waals surface area contributed by atoms with Crippen LogP contribution in [0.4, 0.5) is 5.13 Å². The predicted octanol–water partition coefficient (Wildman–Crippen LogP) is 4.43. The van der Waals surface area contributed by atoms with E-state index >= 15 is 0 Å². The molecule has 0 aliphatic rings. The van der Waals surface area contributed by atoms with E-state index in [9.17, 15) is 14.4 Å². The Morgan fingerprint density at radius 3 is 2.55 bits per heavy atom. The van der Waals surface area contributed by atoms with Gasteiger partial charge in [0.15, 0.2) is 5.13 Å². The van der Waals surface area contributed by atoms with Crippen LogP contribution in [0.1, 0.15) is 68.1 Å². The van der Waals surface area contributed by atoms with Gasteiger partial charge in [0.05, 0.1) is 12.1 Å². The van der Waals surface area contributed by atoms with Gasteiger partial charge in [0, 0.05) is 24.0 Å². The van der Waals surface area contributed by atoms with E-state index < -0.39 is 0 Å². The van der Waals surface area contributed by atoms with Gasteiger partial charge in [0.2, 0.25) is 11.8 Å². The van der Waals surface area contributed by atoms with E-state index in [0.29, 0.717) is 29.5 Å². The van der Waals surface area contributed by atoms with Crippen molar-refractivity contribution in [3.63, 3.8) is 0 Å². The Balaban J connectivity index is 1.90. The molecule has 8 heteroatoms. The maximum atomic E-state index is 13.0. The van der Waals surface area contributed by atoms with E-state index in [1.807, 2.05) is 39.0 Å². The van der Waals surface area contributed by atoms with Gasteiger partial charge >= 0.3 is 0 Å². The lowest BCUT2D eigenvalue weighted by Gasteiger charge is -2.24. The molecule has 0 saturated heterocycles. The van der Waals surface area contributed by atoms with Crippen LogP contribution in [0.3, 0.4) is 0 Å². The number of carbonyl (C=O) groups is 3. The molecule has 0 spiro atoms. The fraction of sp³-hybridized carbons (Fsp3) is 0.520. The minimum atomic E-state index is -0.307. The number of anilines is 1. The molecule has 0 unspecified atom stereocenters. The van der Waals surface area contributed by atoms with Crippen molar-refractivity contribution in [3.8, 4) is 0 Å². The number of hydrogen-bond acceptors (Lipinski definition) is 5. The second-order valence-corrected chi connectivity index (χ2v) is 9.53. The van der Waals surface area contributed by atoms with Crippen molar-refractivity contribution in [2.45, 2.75) is 59.8 Å². The number of aromatic nitrogens is 1. The fourth-order valence-corrected chi connectivity index (χ4v) is 4.15. The van der Waals surface area contributed by atoms with Crippen molar-refractivity contribution in [3.05, 3.63) is 46.5 Å². The van der Waals surface area contributed by atoms with Crippen LogP contribution < -0.4 is 10.6 Å². The zero-order valence-corrected chi connectivity index (χ0v) is 21.0. The minimum Gasteiger partial charge on any atom is -0.356 e. The lowest BCUT2D eigenvalue weighted by atomic mass is 10.1. The monoisotopic (exact) mass is 472 g/mol. The van der Waals surface area contributed by atoms with Gasteiger partial charge in [-0.15, -0.1) is 11.3 Å². The molecule has 1 aromatic heterocycles. The summed E-state index contributed by atoms with van der Waals surface area (Å²) in [5.74, 6) is -0.314. The van der Waals surface area contributed by atoms with Gasteiger partial charge in [-0.05, 0) is 30.9 Å². The number of benzene rings is 1. The number of aryl methyl sites for hydroxylation is 1. The van der Waals surface area contributed by atoms with Gasteiger partial charge in [-0.1, -0.05) is 58.2 Å². The van der Waals surface area contributed by atoms with Crippen LogP contribution in [0.25, 0.3) is 0 Å². The summed E-state index contributed by atoms with van der Waals surface area (Å²) in [6.07, 6.45) is 4.62. The fourth-order valence-electron chi connectivity index (χ4n) is 3.43. The third-order valence-electron chi connectivity index (χ3n) is 5.07. The van der Waals surface area contributed by atoms with Gasteiger partial charge in [0.1, 0.15) is 6.54 Å². The highest BCUT2D eigenvalue weighted by Gasteiger charge is 2.21. The predicted molar refractivity (Wildman–Crippen MR) is 134 cm³/mol. The molecule has 0 aliphatic carbocycles. The lowest BCUT2D eigenvalue weighted by Crippen LogP contribution is -2.40. The molecule has 0 atom stereocenters. The first-order valence-corrected chi connectivity index (χ1v) is 12.5. The summed E-state index contributed by atoms with van der Waals surface area (Å²) in [7, 11) is 0. The Morgan fingerprint density at radius 2 is 1.85 bits per heavy atom. The van der Waals surface area contributed by atoms with Gasteiger partial charge in [-0.3, -0.25) is 14.4 Å². The third-order valence-corrected chi connectivity index (χ3v) is 5.88. The summed E-state index contributed by atoms with van der Waals surface area (Å²) in [4.78, 5) is 43.7. The van der Waals surface area contributed by atoms with Gasteiger partial charge < -0.3 is 15.5 Å². The Morgan fingerprint density at radius 1 is 1.09 bits per heavy atom. The lowest BCUT2D eigenvalue weighted by molar-refractivity contribution is -0.120. The number of amides is 3. The van der Waals surface area contributed by atoms with Crippen molar-refractivity contribution < 1.29 is 14.4 Å². The van der Waals surface area contributed by atoms with Crippen LogP contribution in [0.5, 0.6) is 0 Å². The van der Waals surface area contributed by atoms with Crippen molar-refractivity contribution in [1.29, 1.82) is 0 Å². The van der Waals surface area contributed by atoms with Crippen molar-refractivity contribution in [2.24, 2.45) is 5.92 Å². The van der Waals surface area contributed by atoms with Crippen molar-refractivity contribution in [1.82, 2.24) is 15.2 Å². The summed E-state index contributed by atoms with van der Waals surface area (Å²) >= 11 is 1.28. The Labute approximate surface area is 201 Å². The molecule has 2 N–H and O–H groups in total. The number of nitrogens with one attached hydrogen (secondary N) is 2. The molecule has 1 heterocycles. The molecule has 0 aliphatic heterocycles. The van der Waals surface area contributed by atoms with E-state index in [0.717, 1.165) is 24.8 Å². The number of unbranched alkanes of at least 4 members (excludes halogenated alkanes) is 3. The number of thiazole rings is 1. The Hall–Kier alpha value is -2.74. The maximum Gasteiger partial charge on any atom is 0.254 e. The number of carbonyl (C=O) groups excluding carboxylic acids is 3. The molecular weight excluding hydrogens is 436 g/mol. The van der Waals surface area contributed by atoms with E-state index in [1.165, 1.54) is 17.8 Å². The quantitative estimate of drug-likeness (QED) is 0.422. The Bertz CT molecular complexity index is 926. The first-order valence-electron chi connectivity index (χ1n) is 11.7. The van der Waals surface area contributed by atoms with Crippen LogP contribution in [0.2, 0.25) is 0 Å². The van der Waals surface area contributed by atoms with E-state index in [4.69, 9.17) is 0 Å². The van der Waals surface area contributed by atoms with Crippen LogP contribution in [0, 0.1) is 12.8 Å². The number of nitrogens with zero attached hydrogens (tertiary/aromatic N) is 2. The van der Waals surface area contributed by atoms with E-state index in [1.54, 1.807) is 16.3 Å². The Kier molecular flexibility index (Phi) is 11.0. The highest BCUT2D eigenvalue weighted by molar-refractivity contribution is 7.13. The van der Waals surface area contributed by atoms with Crippen molar-refractivity contribution in [2.75, 3.05) is 25.0 Å². The van der Waals surface area contributed by atoms with Crippen molar-refractivity contribution >= 4 is 34.2 Å². The second-order valence-electron chi connectivity index (χ2n) is 8.67. The molecule has 0 fully saturated rings. The normalized spacial score (nSPS) is 10.8. The summed E-state index contributed by atoms with van der Waals surface area (Å²) < 4.78 is 0. The second kappa shape index (κ2) is 13.7. The molecule has 1 aromatic carbocycles. The van der Waals surface area contributed by atoms with E-state index in [2.05, 4.69) is 22.5 Å². The summed E-state index contributed by atoms with van der Waals surface area (Å²) in [6.45, 7) is 9.16. The SMILES string of the molecule is CCCCCCNC(=O)Cc1csc(NC(=O)CN(CC(C)C)C(=O)c2ccccc2C)n1. The molecule has 7 nitrogen and oxygen atoms in total. The first kappa shape index (κ1) is 26.5. The summed E-state index contributed by atoms with van der Waals surface area (Å²) in [6, 6.07) is 7.38. The number of rotatable bonds is 13. The maximum absolute atomic E-state index is 13.0. The average molecular weight is 473 g/mol. The van der Waals surface area contributed by atoms with Crippen LogP contribution in [-0.4, -0.2) is 47.2 Å². The largest absolute Gasteiger partial charge is 0.356 e. The molecule has 180 valence electrons. The molecule has 33 heavy (non-hydrogen) atoms. The number of hydrogen-bond donors (Lipinski definition) is 2. The minimum absolute atomic E-state index is 0.0570. The highest BCUT2D eigenvalue weighted by Crippen LogP contribution is 2.17. The topological polar surface area (TPSA) is 91.4 Å².